The van der Waals surface area contributed by atoms with Gasteiger partial charge < -0.3 is 19.5 Å². The van der Waals surface area contributed by atoms with Crippen LogP contribution in [0.25, 0.3) is 0 Å². The van der Waals surface area contributed by atoms with Crippen LogP contribution in [0.1, 0.15) is 26.3 Å². The lowest BCUT2D eigenvalue weighted by Gasteiger charge is -2.22. The fourth-order valence-electron chi connectivity index (χ4n) is 2.76. The second-order valence-electron chi connectivity index (χ2n) is 7.28. The molecule has 0 aromatic heterocycles. The molecule has 0 saturated carbocycles. The molecule has 2 rings (SSSR count). The van der Waals surface area contributed by atoms with Gasteiger partial charge in [0, 0.05) is 19.4 Å². The van der Waals surface area contributed by atoms with Gasteiger partial charge in [0.1, 0.15) is 11.6 Å². The number of hydrogen-bond acceptors (Lipinski definition) is 6. The number of ether oxygens (including phenoxy) is 3. The van der Waals surface area contributed by atoms with Crippen LogP contribution in [0.4, 0.5) is 0 Å². The standard InChI is InChI=1S/C24H29NO6/c1-4-29-22(27)15-11-6-5-10-14-21(24(3)17-30-24)31-23(28)20(25-18(2)26)16-19-12-8-7-9-13-19/h5-15,20-21H,4,16-17H2,1-3H3,(H,25,26)/b6-5-,14-10+,15-11+/t20-,21-,24+/m1/s1. The summed E-state index contributed by atoms with van der Waals surface area (Å²) in [5, 5.41) is 2.66. The van der Waals surface area contributed by atoms with Crippen LogP contribution in [-0.4, -0.2) is 48.8 Å². The average Bonchev–Trinajstić information content (AvgIpc) is 3.48. The van der Waals surface area contributed by atoms with E-state index in [4.69, 9.17) is 14.2 Å². The summed E-state index contributed by atoms with van der Waals surface area (Å²) in [6.45, 7) is 5.74. The molecule has 0 aliphatic carbocycles. The molecule has 1 aliphatic heterocycles. The van der Waals surface area contributed by atoms with E-state index >= 15 is 0 Å². The van der Waals surface area contributed by atoms with Gasteiger partial charge >= 0.3 is 11.9 Å². The minimum atomic E-state index is -0.804. The lowest BCUT2D eigenvalue weighted by atomic mass is 10.0. The van der Waals surface area contributed by atoms with Gasteiger partial charge in [-0.15, -0.1) is 0 Å². The number of esters is 2. The maximum absolute atomic E-state index is 12.8. The lowest BCUT2D eigenvalue weighted by Crippen LogP contribution is -2.45. The molecule has 166 valence electrons. The number of rotatable bonds is 11. The van der Waals surface area contributed by atoms with E-state index in [9.17, 15) is 14.4 Å². The van der Waals surface area contributed by atoms with Crippen molar-refractivity contribution in [2.75, 3.05) is 13.2 Å². The maximum atomic E-state index is 12.8. The van der Waals surface area contributed by atoms with Crippen molar-refractivity contribution in [3.05, 3.63) is 72.4 Å². The first-order chi connectivity index (χ1) is 14.8. The normalized spacial score (nSPS) is 20.0. The van der Waals surface area contributed by atoms with Crippen molar-refractivity contribution in [3.63, 3.8) is 0 Å². The van der Waals surface area contributed by atoms with E-state index in [2.05, 4.69) is 5.32 Å². The van der Waals surface area contributed by atoms with E-state index in [1.54, 1.807) is 37.3 Å². The molecule has 0 spiro atoms. The Kier molecular flexibility index (Phi) is 9.21. The fourth-order valence-corrected chi connectivity index (χ4v) is 2.76. The molecule has 0 radical (unpaired) electrons. The monoisotopic (exact) mass is 427 g/mol. The molecule has 31 heavy (non-hydrogen) atoms. The van der Waals surface area contributed by atoms with E-state index < -0.39 is 29.7 Å². The second-order valence-corrected chi connectivity index (χ2v) is 7.28. The Morgan fingerprint density at radius 2 is 1.84 bits per heavy atom. The summed E-state index contributed by atoms with van der Waals surface area (Å²) >= 11 is 0. The zero-order chi connectivity index (χ0) is 22.7. The predicted octanol–water partition coefficient (Wildman–Crippen LogP) is 2.67. The van der Waals surface area contributed by atoms with Crippen LogP contribution in [0.3, 0.4) is 0 Å². The number of allylic oxidation sites excluding steroid dienone is 4. The van der Waals surface area contributed by atoms with Crippen LogP contribution in [0, 0.1) is 0 Å². The third-order valence-electron chi connectivity index (χ3n) is 4.53. The molecule has 1 aliphatic rings. The van der Waals surface area contributed by atoms with Crippen molar-refractivity contribution in [2.24, 2.45) is 0 Å². The Balaban J connectivity index is 2.02. The Labute approximate surface area is 182 Å². The molecule has 1 heterocycles. The molecule has 1 N–H and O–H groups in total. The Morgan fingerprint density at radius 3 is 2.45 bits per heavy atom. The van der Waals surface area contributed by atoms with Crippen molar-refractivity contribution in [1.29, 1.82) is 0 Å². The SMILES string of the molecule is CCOC(=O)/C=C/C=C\C=C\[C@@H](OC(=O)[C@@H](Cc1ccccc1)NC(C)=O)[C@]1(C)CO1. The van der Waals surface area contributed by atoms with Crippen molar-refractivity contribution >= 4 is 17.8 Å². The number of carbonyl (C=O) groups is 3. The minimum Gasteiger partial charge on any atom is -0.463 e. The summed E-state index contributed by atoms with van der Waals surface area (Å²) in [4.78, 5) is 35.7. The molecule has 1 saturated heterocycles. The first kappa shape index (κ1) is 24.1. The van der Waals surface area contributed by atoms with E-state index in [1.165, 1.54) is 13.0 Å². The molecule has 1 amide bonds. The van der Waals surface area contributed by atoms with Gasteiger partial charge in [0.15, 0.2) is 6.10 Å². The van der Waals surface area contributed by atoms with Gasteiger partial charge in [-0.05, 0) is 25.5 Å². The molecule has 1 fully saturated rings. The van der Waals surface area contributed by atoms with Gasteiger partial charge in [0.2, 0.25) is 5.91 Å². The molecular weight excluding hydrogens is 398 g/mol. The van der Waals surface area contributed by atoms with Gasteiger partial charge in [0.05, 0.1) is 13.2 Å². The van der Waals surface area contributed by atoms with E-state index in [0.29, 0.717) is 19.6 Å². The average molecular weight is 427 g/mol. The summed E-state index contributed by atoms with van der Waals surface area (Å²) < 4.78 is 16.0. The van der Waals surface area contributed by atoms with Gasteiger partial charge in [-0.3, -0.25) is 4.79 Å². The zero-order valence-corrected chi connectivity index (χ0v) is 18.1. The number of hydrogen-bond donors (Lipinski definition) is 1. The highest BCUT2D eigenvalue weighted by molar-refractivity contribution is 5.84. The van der Waals surface area contributed by atoms with Crippen molar-refractivity contribution in [3.8, 4) is 0 Å². The van der Waals surface area contributed by atoms with Crippen LogP contribution in [0.5, 0.6) is 0 Å². The number of nitrogens with one attached hydrogen (secondary N) is 1. The van der Waals surface area contributed by atoms with Gasteiger partial charge in [0.25, 0.3) is 0 Å². The molecule has 0 unspecified atom stereocenters. The molecule has 1 aromatic carbocycles. The topological polar surface area (TPSA) is 94.2 Å². The molecule has 0 bridgehead atoms. The Morgan fingerprint density at radius 1 is 1.16 bits per heavy atom. The van der Waals surface area contributed by atoms with Crippen molar-refractivity contribution < 1.29 is 28.6 Å². The molecular formula is C24H29NO6. The highest BCUT2D eigenvalue weighted by atomic mass is 16.6. The fraction of sp³-hybridized carbons (Fsp3) is 0.375. The van der Waals surface area contributed by atoms with E-state index in [-0.39, 0.29) is 5.91 Å². The summed E-state index contributed by atoms with van der Waals surface area (Å²) in [6, 6.07) is 8.61. The molecule has 7 nitrogen and oxygen atoms in total. The van der Waals surface area contributed by atoms with Gasteiger partial charge in [-0.1, -0.05) is 54.6 Å². The largest absolute Gasteiger partial charge is 0.463 e. The van der Waals surface area contributed by atoms with Crippen LogP contribution in [0.2, 0.25) is 0 Å². The van der Waals surface area contributed by atoms with E-state index in [0.717, 1.165) is 5.56 Å². The third kappa shape index (κ3) is 8.60. The number of amides is 1. The summed E-state index contributed by atoms with van der Waals surface area (Å²) in [5.41, 5.74) is 0.310. The van der Waals surface area contributed by atoms with Gasteiger partial charge in [-0.25, -0.2) is 9.59 Å². The quantitative estimate of drug-likeness (QED) is 0.253. The van der Waals surface area contributed by atoms with Crippen molar-refractivity contribution in [2.45, 2.75) is 44.9 Å². The van der Waals surface area contributed by atoms with Crippen LogP contribution >= 0.6 is 0 Å². The number of carbonyl (C=O) groups excluding carboxylic acids is 3. The smallest absolute Gasteiger partial charge is 0.330 e. The van der Waals surface area contributed by atoms with Crippen LogP contribution < -0.4 is 5.32 Å². The Bertz CT molecular complexity index is 839. The number of benzene rings is 1. The first-order valence-electron chi connectivity index (χ1n) is 10.2. The third-order valence-corrected chi connectivity index (χ3v) is 4.53. The highest BCUT2D eigenvalue weighted by Gasteiger charge is 2.48. The Hall–Kier alpha value is -3.19. The summed E-state index contributed by atoms with van der Waals surface area (Å²) in [6.07, 6.45) is 9.38. The molecule has 7 heteroatoms. The molecule has 3 atom stereocenters. The summed E-state index contributed by atoms with van der Waals surface area (Å²) in [5.74, 6) is -1.25. The van der Waals surface area contributed by atoms with Crippen LogP contribution in [-0.2, 0) is 35.0 Å². The zero-order valence-electron chi connectivity index (χ0n) is 18.1. The highest BCUT2D eigenvalue weighted by Crippen LogP contribution is 2.33. The minimum absolute atomic E-state index is 0.310. The first-order valence-corrected chi connectivity index (χ1v) is 10.2. The van der Waals surface area contributed by atoms with Gasteiger partial charge in [-0.2, -0.15) is 0 Å². The van der Waals surface area contributed by atoms with Crippen LogP contribution in [0.15, 0.2) is 66.8 Å². The molecule has 1 aromatic rings. The number of epoxide rings is 1. The lowest BCUT2D eigenvalue weighted by molar-refractivity contribution is -0.153. The maximum Gasteiger partial charge on any atom is 0.330 e. The second kappa shape index (κ2) is 11.9. The van der Waals surface area contributed by atoms with E-state index in [1.807, 2.05) is 37.3 Å². The summed E-state index contributed by atoms with van der Waals surface area (Å²) in [7, 11) is 0. The van der Waals surface area contributed by atoms with Crippen molar-refractivity contribution in [1.82, 2.24) is 5.32 Å². The predicted molar refractivity (Wildman–Crippen MR) is 116 cm³/mol.